The highest BCUT2D eigenvalue weighted by atomic mass is 16.5. The normalized spacial score (nSPS) is 12.0. The van der Waals surface area contributed by atoms with Gasteiger partial charge >= 0.3 is 0 Å². The highest BCUT2D eigenvalue weighted by Gasteiger charge is 2.06. The average Bonchev–Trinajstić information content (AvgIpc) is 2.36. The van der Waals surface area contributed by atoms with E-state index in [1.807, 2.05) is 0 Å². The van der Waals surface area contributed by atoms with Crippen molar-refractivity contribution in [1.29, 1.82) is 0 Å². The number of anilines is 1. The molecule has 17 heavy (non-hydrogen) atoms. The highest BCUT2D eigenvalue weighted by Crippen LogP contribution is 2.17. The van der Waals surface area contributed by atoms with Crippen LogP contribution in [0.1, 0.15) is 19.8 Å². The number of rotatable bonds is 7. The average molecular weight is 240 g/mol. The van der Waals surface area contributed by atoms with Gasteiger partial charge < -0.3 is 20.5 Å². The lowest BCUT2D eigenvalue weighted by atomic mass is 10.2. The lowest BCUT2D eigenvalue weighted by Gasteiger charge is -2.12. The van der Waals surface area contributed by atoms with Gasteiger partial charge in [-0.2, -0.15) is 9.97 Å². The van der Waals surface area contributed by atoms with E-state index in [9.17, 15) is 0 Å². The predicted molar refractivity (Wildman–Crippen MR) is 66.5 cm³/mol. The lowest BCUT2D eigenvalue weighted by Crippen LogP contribution is -2.29. The minimum Gasteiger partial charge on any atom is -0.481 e. The Balaban J connectivity index is 2.63. The topological polar surface area (TPSA) is 82.3 Å². The second kappa shape index (κ2) is 6.90. The number of nitrogens with two attached hydrogens (primary N) is 1. The van der Waals surface area contributed by atoms with Gasteiger partial charge in [-0.05, 0) is 6.42 Å². The minimum absolute atomic E-state index is 0.0980. The number of nitrogens with one attached hydrogen (secondary N) is 1. The molecule has 0 aromatic carbocycles. The van der Waals surface area contributed by atoms with Crippen LogP contribution in [0.5, 0.6) is 11.8 Å². The molecule has 0 fully saturated rings. The Morgan fingerprint density at radius 1 is 1.29 bits per heavy atom. The van der Waals surface area contributed by atoms with Gasteiger partial charge in [-0.15, -0.1) is 0 Å². The third kappa shape index (κ3) is 4.44. The Hall–Kier alpha value is -1.56. The van der Waals surface area contributed by atoms with Crippen molar-refractivity contribution in [2.45, 2.75) is 25.8 Å². The van der Waals surface area contributed by atoms with Crippen LogP contribution in [-0.2, 0) is 0 Å². The molecule has 96 valence electrons. The van der Waals surface area contributed by atoms with Crippen LogP contribution in [0.3, 0.4) is 0 Å². The predicted octanol–water partition coefficient (Wildman–Crippen LogP) is 1.03. The molecule has 0 saturated heterocycles. The standard InChI is InChI=1S/C11H20N4O2/c1-4-5-8(12)7-13-11-14-9(16-2)6-10(15-11)17-3/h6,8H,4-5,7,12H2,1-3H3,(H,13,14,15). The van der Waals surface area contributed by atoms with Crippen molar-refractivity contribution >= 4 is 5.95 Å². The second-order valence-electron chi connectivity index (χ2n) is 3.71. The number of nitrogens with zero attached hydrogens (tertiary/aromatic N) is 2. The van der Waals surface area contributed by atoms with E-state index >= 15 is 0 Å². The van der Waals surface area contributed by atoms with Crippen molar-refractivity contribution in [3.8, 4) is 11.8 Å². The quantitative estimate of drug-likeness (QED) is 0.741. The van der Waals surface area contributed by atoms with Crippen LogP contribution < -0.4 is 20.5 Å². The molecule has 0 aliphatic heterocycles. The molecule has 0 aliphatic carbocycles. The summed E-state index contributed by atoms with van der Waals surface area (Å²) in [5, 5.41) is 3.07. The zero-order valence-electron chi connectivity index (χ0n) is 10.6. The van der Waals surface area contributed by atoms with Crippen molar-refractivity contribution in [1.82, 2.24) is 9.97 Å². The number of hydrogen-bond acceptors (Lipinski definition) is 6. The maximum Gasteiger partial charge on any atom is 0.229 e. The van der Waals surface area contributed by atoms with Gasteiger partial charge in [0.05, 0.1) is 20.3 Å². The van der Waals surface area contributed by atoms with Gasteiger partial charge in [0.25, 0.3) is 0 Å². The van der Waals surface area contributed by atoms with Crippen LogP contribution in [0.15, 0.2) is 6.07 Å². The van der Waals surface area contributed by atoms with Crippen LogP contribution in [-0.4, -0.2) is 36.8 Å². The monoisotopic (exact) mass is 240 g/mol. The first-order valence-corrected chi connectivity index (χ1v) is 5.66. The minimum atomic E-state index is 0.0980. The fourth-order valence-electron chi connectivity index (χ4n) is 1.39. The maximum atomic E-state index is 5.89. The maximum absolute atomic E-state index is 5.89. The van der Waals surface area contributed by atoms with Crippen molar-refractivity contribution < 1.29 is 9.47 Å². The van der Waals surface area contributed by atoms with Gasteiger partial charge in [-0.25, -0.2) is 0 Å². The van der Waals surface area contributed by atoms with Crippen molar-refractivity contribution in [3.05, 3.63) is 6.07 Å². The first kappa shape index (κ1) is 13.5. The summed E-state index contributed by atoms with van der Waals surface area (Å²) in [5.74, 6) is 1.39. The van der Waals surface area contributed by atoms with Crippen LogP contribution in [0.4, 0.5) is 5.95 Å². The SMILES string of the molecule is CCCC(N)CNc1nc(OC)cc(OC)n1. The van der Waals surface area contributed by atoms with Gasteiger partial charge in [0, 0.05) is 12.6 Å². The Morgan fingerprint density at radius 2 is 1.88 bits per heavy atom. The molecule has 1 unspecified atom stereocenters. The summed E-state index contributed by atoms with van der Waals surface area (Å²) in [6, 6.07) is 1.72. The molecule has 0 radical (unpaired) electrons. The highest BCUT2D eigenvalue weighted by molar-refractivity contribution is 5.33. The van der Waals surface area contributed by atoms with Gasteiger partial charge in [-0.1, -0.05) is 13.3 Å². The molecule has 6 nitrogen and oxygen atoms in total. The van der Waals surface area contributed by atoms with E-state index in [0.29, 0.717) is 24.3 Å². The number of methoxy groups -OCH3 is 2. The molecule has 3 N–H and O–H groups in total. The van der Waals surface area contributed by atoms with Crippen LogP contribution in [0, 0.1) is 0 Å². The van der Waals surface area contributed by atoms with E-state index in [1.165, 1.54) is 0 Å². The Morgan fingerprint density at radius 3 is 2.35 bits per heavy atom. The molecule has 0 spiro atoms. The summed E-state index contributed by atoms with van der Waals surface area (Å²) >= 11 is 0. The molecular weight excluding hydrogens is 220 g/mol. The van der Waals surface area contributed by atoms with Crippen LogP contribution >= 0.6 is 0 Å². The van der Waals surface area contributed by atoms with E-state index < -0.39 is 0 Å². The van der Waals surface area contributed by atoms with E-state index in [2.05, 4.69) is 22.2 Å². The fourth-order valence-corrected chi connectivity index (χ4v) is 1.39. The number of ether oxygens (including phenoxy) is 2. The summed E-state index contributed by atoms with van der Waals surface area (Å²) in [5.41, 5.74) is 5.89. The number of hydrogen-bond donors (Lipinski definition) is 2. The Labute approximate surface area is 102 Å². The molecule has 1 rings (SSSR count). The molecule has 1 aromatic heterocycles. The lowest BCUT2D eigenvalue weighted by molar-refractivity contribution is 0.372. The number of aromatic nitrogens is 2. The molecular formula is C11H20N4O2. The zero-order valence-corrected chi connectivity index (χ0v) is 10.6. The largest absolute Gasteiger partial charge is 0.481 e. The fraction of sp³-hybridized carbons (Fsp3) is 0.636. The van der Waals surface area contributed by atoms with E-state index in [1.54, 1.807) is 20.3 Å². The molecule has 1 heterocycles. The molecule has 1 aromatic rings. The van der Waals surface area contributed by atoms with E-state index in [-0.39, 0.29) is 6.04 Å². The van der Waals surface area contributed by atoms with Gasteiger partial charge in [-0.3, -0.25) is 0 Å². The Bertz CT molecular complexity index is 324. The molecule has 0 saturated carbocycles. The molecule has 0 bridgehead atoms. The van der Waals surface area contributed by atoms with E-state index in [4.69, 9.17) is 15.2 Å². The summed E-state index contributed by atoms with van der Waals surface area (Å²) < 4.78 is 10.1. The van der Waals surface area contributed by atoms with Gasteiger partial charge in [0.2, 0.25) is 17.7 Å². The van der Waals surface area contributed by atoms with Crippen LogP contribution in [0.2, 0.25) is 0 Å². The van der Waals surface area contributed by atoms with Crippen molar-refractivity contribution in [2.75, 3.05) is 26.1 Å². The third-order valence-electron chi connectivity index (χ3n) is 2.28. The smallest absolute Gasteiger partial charge is 0.229 e. The third-order valence-corrected chi connectivity index (χ3v) is 2.28. The van der Waals surface area contributed by atoms with Crippen molar-refractivity contribution in [3.63, 3.8) is 0 Å². The summed E-state index contributed by atoms with van der Waals surface area (Å²) in [4.78, 5) is 8.30. The molecule has 0 amide bonds. The molecule has 1 atom stereocenters. The van der Waals surface area contributed by atoms with Crippen molar-refractivity contribution in [2.24, 2.45) is 5.73 Å². The van der Waals surface area contributed by atoms with E-state index in [0.717, 1.165) is 12.8 Å². The Kier molecular flexibility index (Phi) is 5.48. The zero-order chi connectivity index (χ0) is 12.7. The second-order valence-corrected chi connectivity index (χ2v) is 3.71. The van der Waals surface area contributed by atoms with Gasteiger partial charge in [0.1, 0.15) is 0 Å². The first-order valence-electron chi connectivity index (χ1n) is 5.66. The molecule has 6 heteroatoms. The van der Waals surface area contributed by atoms with Gasteiger partial charge in [0.15, 0.2) is 0 Å². The first-order chi connectivity index (χ1) is 8.19. The summed E-state index contributed by atoms with van der Waals surface area (Å²) in [6.45, 7) is 2.73. The summed E-state index contributed by atoms with van der Waals surface area (Å²) in [6.07, 6.45) is 2.03. The molecule has 0 aliphatic rings. The summed E-state index contributed by atoms with van der Waals surface area (Å²) in [7, 11) is 3.10. The van der Waals surface area contributed by atoms with Crippen LogP contribution in [0.25, 0.3) is 0 Å².